The van der Waals surface area contributed by atoms with Gasteiger partial charge in [-0.2, -0.15) is 0 Å². The van der Waals surface area contributed by atoms with Crippen LogP contribution in [0.3, 0.4) is 0 Å². The Morgan fingerprint density at radius 3 is 2.50 bits per heavy atom. The Balaban J connectivity index is 1.49. The lowest BCUT2D eigenvalue weighted by atomic mass is 9.92. The third-order valence-electron chi connectivity index (χ3n) is 5.02. The van der Waals surface area contributed by atoms with Gasteiger partial charge in [0, 0.05) is 57.7 Å². The van der Waals surface area contributed by atoms with Gasteiger partial charge in [0.25, 0.3) is 0 Å². The summed E-state index contributed by atoms with van der Waals surface area (Å²) in [4.78, 5) is 16.1. The molecular formula is C16H28N6. The summed E-state index contributed by atoms with van der Waals surface area (Å²) >= 11 is 0. The highest BCUT2D eigenvalue weighted by molar-refractivity contribution is 5.29. The summed E-state index contributed by atoms with van der Waals surface area (Å²) < 4.78 is 0. The Hall–Kier alpha value is -1.24. The second kappa shape index (κ2) is 7.35. The van der Waals surface area contributed by atoms with Crippen molar-refractivity contribution < 1.29 is 0 Å². The van der Waals surface area contributed by atoms with E-state index in [-0.39, 0.29) is 0 Å². The molecule has 0 saturated carbocycles. The molecule has 6 heteroatoms. The van der Waals surface area contributed by atoms with Crippen LogP contribution in [-0.4, -0.2) is 78.2 Å². The summed E-state index contributed by atoms with van der Waals surface area (Å²) in [7, 11) is 0. The highest BCUT2D eigenvalue weighted by atomic mass is 15.3. The molecule has 0 amide bonds. The summed E-state index contributed by atoms with van der Waals surface area (Å²) in [5, 5.41) is 0. The van der Waals surface area contributed by atoms with Crippen LogP contribution in [0.25, 0.3) is 0 Å². The maximum atomic E-state index is 6.35. The van der Waals surface area contributed by atoms with E-state index in [0.717, 1.165) is 64.7 Å². The lowest BCUT2D eigenvalue weighted by Crippen LogP contribution is -2.54. The topological polar surface area (TPSA) is 61.5 Å². The fraction of sp³-hybridized carbons (Fsp3) is 0.750. The molecule has 0 aliphatic carbocycles. The number of piperazine rings is 1. The van der Waals surface area contributed by atoms with Gasteiger partial charge in [-0.15, -0.1) is 0 Å². The van der Waals surface area contributed by atoms with E-state index in [0.29, 0.717) is 12.0 Å². The zero-order valence-electron chi connectivity index (χ0n) is 13.6. The molecule has 1 aromatic rings. The Labute approximate surface area is 133 Å². The van der Waals surface area contributed by atoms with Crippen molar-refractivity contribution in [2.24, 2.45) is 11.7 Å². The van der Waals surface area contributed by atoms with Crippen LogP contribution in [-0.2, 0) is 0 Å². The van der Waals surface area contributed by atoms with E-state index in [9.17, 15) is 0 Å². The molecule has 122 valence electrons. The van der Waals surface area contributed by atoms with Crippen LogP contribution >= 0.6 is 0 Å². The van der Waals surface area contributed by atoms with Gasteiger partial charge in [-0.05, 0) is 31.5 Å². The van der Waals surface area contributed by atoms with Crippen molar-refractivity contribution in [1.82, 2.24) is 19.8 Å². The van der Waals surface area contributed by atoms with E-state index in [1.807, 2.05) is 18.5 Å². The molecule has 2 saturated heterocycles. The number of likely N-dealkylation sites (tertiary alicyclic amines) is 1. The maximum absolute atomic E-state index is 6.35. The molecule has 0 spiro atoms. The fourth-order valence-corrected chi connectivity index (χ4v) is 3.52. The third kappa shape index (κ3) is 3.74. The number of hydrogen-bond donors (Lipinski definition) is 1. The van der Waals surface area contributed by atoms with Crippen molar-refractivity contribution in [3.63, 3.8) is 0 Å². The molecule has 6 nitrogen and oxygen atoms in total. The number of piperidine rings is 1. The molecule has 2 atom stereocenters. The first-order valence-electron chi connectivity index (χ1n) is 8.48. The standard InChI is InChI=1S/C16H28N6/c1-2-20-7-4-15(17)14(12-20)13-21-8-10-22(11-9-21)16-18-5-3-6-19-16/h3,5-6,14-15H,2,4,7-13,17H2,1H3. The first-order chi connectivity index (χ1) is 10.8. The van der Waals surface area contributed by atoms with Crippen molar-refractivity contribution >= 4 is 5.95 Å². The molecule has 0 radical (unpaired) electrons. The van der Waals surface area contributed by atoms with Crippen molar-refractivity contribution in [2.45, 2.75) is 19.4 Å². The zero-order chi connectivity index (χ0) is 15.4. The van der Waals surface area contributed by atoms with E-state index in [1.54, 1.807) is 0 Å². The fourth-order valence-electron chi connectivity index (χ4n) is 3.52. The van der Waals surface area contributed by atoms with Crippen LogP contribution < -0.4 is 10.6 Å². The molecule has 0 aromatic carbocycles. The van der Waals surface area contributed by atoms with Gasteiger partial charge in [-0.25, -0.2) is 9.97 Å². The average Bonchev–Trinajstić information content (AvgIpc) is 2.58. The van der Waals surface area contributed by atoms with Gasteiger partial charge in [-0.1, -0.05) is 6.92 Å². The summed E-state index contributed by atoms with van der Waals surface area (Å²) in [6.45, 7) is 11.0. The third-order valence-corrected chi connectivity index (χ3v) is 5.02. The summed E-state index contributed by atoms with van der Waals surface area (Å²) in [6, 6.07) is 2.22. The molecule has 0 bridgehead atoms. The van der Waals surface area contributed by atoms with E-state index in [2.05, 4.69) is 31.6 Å². The summed E-state index contributed by atoms with van der Waals surface area (Å²) in [5.74, 6) is 1.46. The van der Waals surface area contributed by atoms with Crippen molar-refractivity contribution in [3.05, 3.63) is 18.5 Å². The summed E-state index contributed by atoms with van der Waals surface area (Å²) in [6.07, 6.45) is 4.76. The number of aromatic nitrogens is 2. The van der Waals surface area contributed by atoms with E-state index >= 15 is 0 Å². The number of nitrogens with zero attached hydrogens (tertiary/aromatic N) is 5. The van der Waals surface area contributed by atoms with Gasteiger partial charge < -0.3 is 15.5 Å². The van der Waals surface area contributed by atoms with Crippen molar-refractivity contribution in [3.8, 4) is 0 Å². The highest BCUT2D eigenvalue weighted by Gasteiger charge is 2.29. The van der Waals surface area contributed by atoms with Gasteiger partial charge in [0.1, 0.15) is 0 Å². The average molecular weight is 304 g/mol. The number of rotatable bonds is 4. The predicted molar refractivity (Wildman–Crippen MR) is 88.9 cm³/mol. The van der Waals surface area contributed by atoms with Gasteiger partial charge >= 0.3 is 0 Å². The second-order valence-electron chi connectivity index (χ2n) is 6.44. The van der Waals surface area contributed by atoms with Crippen LogP contribution in [0.15, 0.2) is 18.5 Å². The van der Waals surface area contributed by atoms with Crippen LogP contribution in [0.4, 0.5) is 5.95 Å². The Kier molecular flexibility index (Phi) is 5.23. The van der Waals surface area contributed by atoms with E-state index < -0.39 is 0 Å². The van der Waals surface area contributed by atoms with Crippen LogP contribution in [0.2, 0.25) is 0 Å². The van der Waals surface area contributed by atoms with Crippen LogP contribution in [0.1, 0.15) is 13.3 Å². The predicted octanol–water partition coefficient (Wildman–Crippen LogP) is 0.268. The smallest absolute Gasteiger partial charge is 0.225 e. The number of nitrogens with two attached hydrogens (primary N) is 1. The molecule has 1 aromatic heterocycles. The summed E-state index contributed by atoms with van der Waals surface area (Å²) in [5.41, 5.74) is 6.35. The van der Waals surface area contributed by atoms with Crippen molar-refractivity contribution in [1.29, 1.82) is 0 Å². The van der Waals surface area contributed by atoms with Crippen LogP contribution in [0.5, 0.6) is 0 Å². The Morgan fingerprint density at radius 1 is 1.09 bits per heavy atom. The van der Waals surface area contributed by atoms with Gasteiger partial charge in [0.2, 0.25) is 5.95 Å². The van der Waals surface area contributed by atoms with Gasteiger partial charge in [-0.3, -0.25) is 4.90 Å². The maximum Gasteiger partial charge on any atom is 0.225 e. The number of anilines is 1. The lowest BCUT2D eigenvalue weighted by Gasteiger charge is -2.41. The molecular weight excluding hydrogens is 276 g/mol. The first-order valence-corrected chi connectivity index (χ1v) is 8.48. The normalized spacial score (nSPS) is 28.0. The molecule has 2 N–H and O–H groups in total. The zero-order valence-corrected chi connectivity index (χ0v) is 13.6. The number of hydrogen-bond acceptors (Lipinski definition) is 6. The first kappa shape index (κ1) is 15.6. The molecule has 22 heavy (non-hydrogen) atoms. The molecule has 2 fully saturated rings. The Bertz CT molecular complexity index is 445. The monoisotopic (exact) mass is 304 g/mol. The quantitative estimate of drug-likeness (QED) is 0.861. The van der Waals surface area contributed by atoms with E-state index in [1.165, 1.54) is 0 Å². The van der Waals surface area contributed by atoms with E-state index in [4.69, 9.17) is 5.73 Å². The largest absolute Gasteiger partial charge is 0.338 e. The molecule has 2 aliphatic heterocycles. The second-order valence-corrected chi connectivity index (χ2v) is 6.44. The molecule has 3 heterocycles. The molecule has 2 unspecified atom stereocenters. The minimum absolute atomic E-state index is 0.360. The van der Waals surface area contributed by atoms with Crippen LogP contribution in [0, 0.1) is 5.92 Å². The van der Waals surface area contributed by atoms with Crippen molar-refractivity contribution in [2.75, 3.05) is 57.3 Å². The molecule has 3 rings (SSSR count). The SMILES string of the molecule is CCN1CCC(N)C(CN2CCN(c3ncccn3)CC2)C1. The molecule has 2 aliphatic rings. The minimum atomic E-state index is 0.360. The van der Waals surface area contributed by atoms with Gasteiger partial charge in [0.15, 0.2) is 0 Å². The Morgan fingerprint density at radius 2 is 1.82 bits per heavy atom. The minimum Gasteiger partial charge on any atom is -0.338 e. The van der Waals surface area contributed by atoms with Gasteiger partial charge in [0.05, 0.1) is 0 Å². The highest BCUT2D eigenvalue weighted by Crippen LogP contribution is 2.18. The lowest BCUT2D eigenvalue weighted by molar-refractivity contribution is 0.117.